The Labute approximate surface area is 181 Å². The Balaban J connectivity index is 1.72. The van der Waals surface area contributed by atoms with Crippen LogP contribution < -0.4 is 4.74 Å². The molecule has 0 radical (unpaired) electrons. The summed E-state index contributed by atoms with van der Waals surface area (Å²) in [5.41, 5.74) is 2.03. The number of ether oxygens (including phenoxy) is 1. The Morgan fingerprint density at radius 1 is 1.16 bits per heavy atom. The molecule has 3 rings (SSSR count). The molecule has 1 aliphatic rings. The van der Waals surface area contributed by atoms with Gasteiger partial charge in [-0.05, 0) is 35.6 Å². The van der Waals surface area contributed by atoms with E-state index < -0.39 is 20.8 Å². The third kappa shape index (κ3) is 6.04. The molecule has 0 aliphatic carbocycles. The van der Waals surface area contributed by atoms with Crippen LogP contribution in [-0.4, -0.2) is 48.3 Å². The summed E-state index contributed by atoms with van der Waals surface area (Å²) in [6, 6.07) is 13.0. The Morgan fingerprint density at radius 2 is 1.81 bits per heavy atom. The van der Waals surface area contributed by atoms with Crippen molar-refractivity contribution in [3.05, 3.63) is 69.8 Å². The summed E-state index contributed by atoms with van der Waals surface area (Å²) in [5.74, 6) is 0.409. The first kappa shape index (κ1) is 22.7. The van der Waals surface area contributed by atoms with Gasteiger partial charge in [0, 0.05) is 24.7 Å². The molecule has 166 valence electrons. The van der Waals surface area contributed by atoms with E-state index in [4.69, 9.17) is 4.74 Å². The second-order valence-corrected chi connectivity index (χ2v) is 10.2. The van der Waals surface area contributed by atoms with Crippen LogP contribution in [0.5, 0.6) is 5.75 Å². The molecule has 0 aromatic heterocycles. The van der Waals surface area contributed by atoms with Crippen molar-refractivity contribution in [2.24, 2.45) is 0 Å². The highest BCUT2D eigenvalue weighted by molar-refractivity contribution is 7.91. The molecular formula is C22H26N2O6S. The highest BCUT2D eigenvalue weighted by Crippen LogP contribution is 2.23. The van der Waals surface area contributed by atoms with E-state index in [9.17, 15) is 23.3 Å². The van der Waals surface area contributed by atoms with E-state index in [1.807, 2.05) is 24.3 Å². The minimum Gasteiger partial charge on any atom is -0.484 e. The van der Waals surface area contributed by atoms with Gasteiger partial charge in [-0.2, -0.15) is 0 Å². The van der Waals surface area contributed by atoms with Gasteiger partial charge in [-0.3, -0.25) is 14.9 Å². The lowest BCUT2D eigenvalue weighted by Gasteiger charge is -2.28. The van der Waals surface area contributed by atoms with Crippen LogP contribution in [0.2, 0.25) is 0 Å². The number of nitrogens with zero attached hydrogens (tertiary/aromatic N) is 2. The normalized spacial score (nSPS) is 17.5. The van der Waals surface area contributed by atoms with Gasteiger partial charge in [0.15, 0.2) is 16.4 Å². The molecule has 2 aromatic rings. The van der Waals surface area contributed by atoms with E-state index in [0.29, 0.717) is 24.6 Å². The molecule has 1 heterocycles. The predicted molar refractivity (Wildman–Crippen MR) is 117 cm³/mol. The van der Waals surface area contributed by atoms with Crippen LogP contribution >= 0.6 is 0 Å². The molecule has 1 atom stereocenters. The van der Waals surface area contributed by atoms with Gasteiger partial charge < -0.3 is 9.64 Å². The molecule has 1 aliphatic heterocycles. The van der Waals surface area contributed by atoms with Gasteiger partial charge in [0.25, 0.3) is 11.6 Å². The predicted octanol–water partition coefficient (Wildman–Crippen LogP) is 3.31. The second-order valence-electron chi connectivity index (χ2n) is 8.01. The molecule has 0 saturated carbocycles. The first-order valence-electron chi connectivity index (χ1n) is 10.1. The molecule has 0 bridgehead atoms. The van der Waals surface area contributed by atoms with E-state index in [-0.39, 0.29) is 29.7 Å². The summed E-state index contributed by atoms with van der Waals surface area (Å²) in [6.07, 6.45) is 0.398. The second kappa shape index (κ2) is 9.47. The smallest absolute Gasteiger partial charge is 0.269 e. The van der Waals surface area contributed by atoms with Crippen LogP contribution in [0.15, 0.2) is 48.5 Å². The molecular weight excluding hydrogens is 420 g/mol. The zero-order valence-corrected chi connectivity index (χ0v) is 18.4. The summed E-state index contributed by atoms with van der Waals surface area (Å²) in [6.45, 7) is 4.22. The van der Waals surface area contributed by atoms with Crippen molar-refractivity contribution < 1.29 is 22.9 Å². The molecule has 2 aromatic carbocycles. The van der Waals surface area contributed by atoms with Crippen LogP contribution in [-0.2, 0) is 21.2 Å². The minimum absolute atomic E-state index is 0.0552. The van der Waals surface area contributed by atoms with Crippen LogP contribution in [0.1, 0.15) is 37.3 Å². The van der Waals surface area contributed by atoms with E-state index in [2.05, 4.69) is 13.8 Å². The lowest BCUT2D eigenvalue weighted by atomic mass is 10.0. The zero-order chi connectivity index (χ0) is 22.6. The molecule has 1 amide bonds. The van der Waals surface area contributed by atoms with Gasteiger partial charge in [-0.15, -0.1) is 0 Å². The number of benzene rings is 2. The maximum Gasteiger partial charge on any atom is 0.269 e. The Hall–Kier alpha value is -2.94. The number of hydrogen-bond acceptors (Lipinski definition) is 6. The summed E-state index contributed by atoms with van der Waals surface area (Å²) in [5, 5.41) is 10.8. The number of amides is 1. The van der Waals surface area contributed by atoms with Crippen molar-refractivity contribution in [1.29, 1.82) is 0 Å². The Kier molecular flexibility index (Phi) is 6.94. The fourth-order valence-electron chi connectivity index (χ4n) is 3.54. The first-order chi connectivity index (χ1) is 14.6. The van der Waals surface area contributed by atoms with Crippen molar-refractivity contribution in [3.63, 3.8) is 0 Å². The maximum atomic E-state index is 13.0. The van der Waals surface area contributed by atoms with Crippen LogP contribution in [0.4, 0.5) is 5.69 Å². The van der Waals surface area contributed by atoms with Gasteiger partial charge in [0.05, 0.1) is 16.4 Å². The van der Waals surface area contributed by atoms with Crippen molar-refractivity contribution >= 4 is 21.4 Å². The average molecular weight is 447 g/mol. The monoisotopic (exact) mass is 446 g/mol. The van der Waals surface area contributed by atoms with Crippen molar-refractivity contribution in [2.45, 2.75) is 38.8 Å². The number of nitro benzene ring substituents is 1. The lowest BCUT2D eigenvalue weighted by molar-refractivity contribution is -0.384. The summed E-state index contributed by atoms with van der Waals surface area (Å²) >= 11 is 0. The summed E-state index contributed by atoms with van der Waals surface area (Å²) < 4.78 is 29.5. The highest BCUT2D eigenvalue weighted by Gasteiger charge is 2.34. The third-order valence-corrected chi connectivity index (χ3v) is 7.13. The van der Waals surface area contributed by atoms with E-state index in [1.54, 1.807) is 4.90 Å². The van der Waals surface area contributed by atoms with Crippen LogP contribution in [0.25, 0.3) is 0 Å². The molecule has 9 heteroatoms. The third-order valence-electron chi connectivity index (χ3n) is 5.38. The molecule has 8 nitrogen and oxygen atoms in total. The molecule has 31 heavy (non-hydrogen) atoms. The van der Waals surface area contributed by atoms with Crippen LogP contribution in [0, 0.1) is 10.1 Å². The van der Waals surface area contributed by atoms with Crippen molar-refractivity contribution in [3.8, 4) is 5.75 Å². The van der Waals surface area contributed by atoms with Crippen LogP contribution in [0.3, 0.4) is 0 Å². The molecule has 0 spiro atoms. The molecule has 1 saturated heterocycles. The topological polar surface area (TPSA) is 107 Å². The largest absolute Gasteiger partial charge is 0.484 e. The average Bonchev–Trinajstić information content (AvgIpc) is 3.10. The molecule has 0 N–H and O–H groups in total. The van der Waals surface area contributed by atoms with Gasteiger partial charge in [0.2, 0.25) is 0 Å². The number of hydrogen-bond donors (Lipinski definition) is 0. The highest BCUT2D eigenvalue weighted by atomic mass is 32.2. The van der Waals surface area contributed by atoms with E-state index >= 15 is 0 Å². The Bertz CT molecular complexity index is 1030. The number of rotatable bonds is 8. The van der Waals surface area contributed by atoms with Gasteiger partial charge >= 0.3 is 0 Å². The van der Waals surface area contributed by atoms with Gasteiger partial charge in [-0.1, -0.05) is 38.1 Å². The summed E-state index contributed by atoms with van der Waals surface area (Å²) in [7, 11) is -3.16. The fourth-order valence-corrected chi connectivity index (χ4v) is 5.27. The van der Waals surface area contributed by atoms with Crippen molar-refractivity contribution in [1.82, 2.24) is 4.90 Å². The number of nitro groups is 1. The van der Waals surface area contributed by atoms with Gasteiger partial charge in [0.1, 0.15) is 5.75 Å². The molecule has 1 fully saturated rings. The maximum absolute atomic E-state index is 13.0. The summed E-state index contributed by atoms with van der Waals surface area (Å²) in [4.78, 5) is 24.8. The van der Waals surface area contributed by atoms with Crippen molar-refractivity contribution in [2.75, 3.05) is 18.1 Å². The van der Waals surface area contributed by atoms with Gasteiger partial charge in [-0.25, -0.2) is 8.42 Å². The number of carbonyl (C=O) groups excluding carboxylic acids is 1. The lowest BCUT2D eigenvalue weighted by Crippen LogP contribution is -2.43. The van der Waals surface area contributed by atoms with E-state index in [0.717, 1.165) is 5.56 Å². The first-order valence-corrected chi connectivity index (χ1v) is 11.9. The van der Waals surface area contributed by atoms with E-state index in [1.165, 1.54) is 29.8 Å². The molecule has 1 unspecified atom stereocenters. The minimum atomic E-state index is -3.16. The number of carbonyl (C=O) groups is 1. The standard InChI is InChI=1S/C22H26N2O6S/c1-16(2)18-5-3-17(4-6-18)13-23(20-11-12-31(28,29)15-20)22(25)14-30-21-9-7-19(8-10-21)24(26)27/h3-10,16,20H,11-15H2,1-2H3. The quantitative estimate of drug-likeness (QED) is 0.455. The Morgan fingerprint density at radius 3 is 2.32 bits per heavy atom. The fraction of sp³-hybridized carbons (Fsp3) is 0.409. The number of sulfone groups is 1. The number of non-ortho nitro benzene ring substituents is 1. The SMILES string of the molecule is CC(C)c1ccc(CN(C(=O)COc2ccc([N+](=O)[O-])cc2)C2CCS(=O)(=O)C2)cc1. The zero-order valence-electron chi connectivity index (χ0n) is 17.6.